The van der Waals surface area contributed by atoms with Crippen molar-refractivity contribution < 1.29 is 4.79 Å². The van der Waals surface area contributed by atoms with Gasteiger partial charge in [-0.2, -0.15) is 0 Å². The van der Waals surface area contributed by atoms with E-state index in [0.717, 1.165) is 16.1 Å². The lowest BCUT2D eigenvalue weighted by Crippen LogP contribution is -2.41. The second-order valence-electron chi connectivity index (χ2n) is 5.16. The molecule has 0 atom stereocenters. The van der Waals surface area contributed by atoms with E-state index in [1.165, 1.54) is 0 Å². The Kier molecular flexibility index (Phi) is 5.17. The van der Waals surface area contributed by atoms with Crippen molar-refractivity contribution in [1.82, 2.24) is 10.6 Å². The normalized spacial score (nSPS) is 11.4. The summed E-state index contributed by atoms with van der Waals surface area (Å²) < 4.78 is 0. The van der Waals surface area contributed by atoms with Crippen LogP contribution in [0.3, 0.4) is 0 Å². The second-order valence-corrected chi connectivity index (χ2v) is 5.57. The van der Waals surface area contributed by atoms with Crippen molar-refractivity contribution in [2.75, 3.05) is 13.6 Å². The van der Waals surface area contributed by atoms with Crippen molar-refractivity contribution in [2.24, 2.45) is 5.41 Å². The maximum absolute atomic E-state index is 11.6. The van der Waals surface area contributed by atoms with Crippen LogP contribution in [-0.4, -0.2) is 19.5 Å². The Morgan fingerprint density at radius 1 is 1.39 bits per heavy atom. The molecule has 0 aliphatic rings. The van der Waals surface area contributed by atoms with Gasteiger partial charge in [-0.1, -0.05) is 23.7 Å². The molecule has 18 heavy (non-hydrogen) atoms. The third-order valence-electron chi connectivity index (χ3n) is 2.93. The highest BCUT2D eigenvalue weighted by molar-refractivity contribution is 6.31. The monoisotopic (exact) mass is 268 g/mol. The predicted octanol–water partition coefficient (Wildman–Crippen LogP) is 2.51. The Morgan fingerprint density at radius 2 is 2.06 bits per heavy atom. The van der Waals surface area contributed by atoms with E-state index < -0.39 is 5.41 Å². The standard InChI is InChI=1S/C14H21ClN2O/c1-10-5-6-11(12(15)7-10)8-17-9-14(2,3)13(18)16-4/h5-7,17H,8-9H2,1-4H3,(H,16,18). The van der Waals surface area contributed by atoms with Crippen molar-refractivity contribution in [3.63, 3.8) is 0 Å². The molecular formula is C14H21ClN2O. The Labute approximate surface area is 114 Å². The fourth-order valence-corrected chi connectivity index (χ4v) is 2.03. The van der Waals surface area contributed by atoms with E-state index in [-0.39, 0.29) is 5.91 Å². The van der Waals surface area contributed by atoms with Crippen LogP contribution in [0.15, 0.2) is 18.2 Å². The summed E-state index contributed by atoms with van der Waals surface area (Å²) in [6, 6.07) is 5.99. The van der Waals surface area contributed by atoms with Gasteiger partial charge >= 0.3 is 0 Å². The first-order chi connectivity index (χ1) is 8.36. The van der Waals surface area contributed by atoms with Crippen molar-refractivity contribution in [2.45, 2.75) is 27.3 Å². The first-order valence-electron chi connectivity index (χ1n) is 6.05. The van der Waals surface area contributed by atoms with E-state index in [1.54, 1.807) is 7.05 Å². The first kappa shape index (κ1) is 15.0. The zero-order valence-electron chi connectivity index (χ0n) is 11.4. The van der Waals surface area contributed by atoms with Crippen LogP contribution in [0.25, 0.3) is 0 Å². The molecule has 0 aromatic heterocycles. The third-order valence-corrected chi connectivity index (χ3v) is 3.28. The quantitative estimate of drug-likeness (QED) is 0.862. The number of nitrogens with one attached hydrogen (secondary N) is 2. The lowest BCUT2D eigenvalue weighted by molar-refractivity contribution is -0.128. The van der Waals surface area contributed by atoms with Gasteiger partial charge in [0.25, 0.3) is 0 Å². The minimum Gasteiger partial charge on any atom is -0.359 e. The van der Waals surface area contributed by atoms with Gasteiger partial charge in [-0.25, -0.2) is 0 Å². The fourth-order valence-electron chi connectivity index (χ4n) is 1.72. The number of halogens is 1. The topological polar surface area (TPSA) is 41.1 Å². The molecule has 0 radical (unpaired) electrons. The van der Waals surface area contributed by atoms with E-state index in [0.29, 0.717) is 13.1 Å². The molecule has 0 bridgehead atoms. The summed E-state index contributed by atoms with van der Waals surface area (Å²) in [5, 5.41) is 6.70. The van der Waals surface area contributed by atoms with E-state index in [1.807, 2.05) is 39.0 Å². The van der Waals surface area contributed by atoms with Gasteiger partial charge in [0.1, 0.15) is 0 Å². The number of hydrogen-bond acceptors (Lipinski definition) is 2. The lowest BCUT2D eigenvalue weighted by atomic mass is 9.92. The van der Waals surface area contributed by atoms with Crippen molar-refractivity contribution in [3.05, 3.63) is 34.3 Å². The number of aryl methyl sites for hydroxylation is 1. The molecule has 1 aromatic carbocycles. The van der Waals surface area contributed by atoms with E-state index >= 15 is 0 Å². The molecular weight excluding hydrogens is 248 g/mol. The van der Waals surface area contributed by atoms with Crippen LogP contribution < -0.4 is 10.6 Å². The van der Waals surface area contributed by atoms with E-state index in [9.17, 15) is 4.79 Å². The molecule has 0 saturated heterocycles. The number of carbonyl (C=O) groups excluding carboxylic acids is 1. The smallest absolute Gasteiger partial charge is 0.226 e. The lowest BCUT2D eigenvalue weighted by Gasteiger charge is -2.23. The summed E-state index contributed by atoms with van der Waals surface area (Å²) in [6.45, 7) is 7.11. The molecule has 0 aliphatic carbocycles. The zero-order valence-corrected chi connectivity index (χ0v) is 12.2. The number of rotatable bonds is 5. The van der Waals surface area contributed by atoms with Crippen molar-refractivity contribution in [3.8, 4) is 0 Å². The van der Waals surface area contributed by atoms with Crippen molar-refractivity contribution in [1.29, 1.82) is 0 Å². The second kappa shape index (κ2) is 6.21. The molecule has 0 aliphatic heterocycles. The third kappa shape index (κ3) is 4.00. The molecule has 4 heteroatoms. The Hall–Kier alpha value is -1.06. The molecule has 0 spiro atoms. The van der Waals surface area contributed by atoms with E-state index in [4.69, 9.17) is 11.6 Å². The molecule has 2 N–H and O–H groups in total. The SMILES string of the molecule is CNC(=O)C(C)(C)CNCc1ccc(C)cc1Cl. The molecule has 0 fully saturated rings. The summed E-state index contributed by atoms with van der Waals surface area (Å²) in [4.78, 5) is 11.6. The fraction of sp³-hybridized carbons (Fsp3) is 0.500. The molecule has 0 saturated carbocycles. The van der Waals surface area contributed by atoms with Gasteiger partial charge in [0.15, 0.2) is 0 Å². The largest absolute Gasteiger partial charge is 0.359 e. The minimum absolute atomic E-state index is 0.0324. The van der Waals surface area contributed by atoms with E-state index in [2.05, 4.69) is 10.6 Å². The first-order valence-corrected chi connectivity index (χ1v) is 6.42. The number of carbonyl (C=O) groups is 1. The van der Waals surface area contributed by atoms with Crippen LogP contribution in [0.5, 0.6) is 0 Å². The molecule has 1 aromatic rings. The Morgan fingerprint density at radius 3 is 2.61 bits per heavy atom. The summed E-state index contributed by atoms with van der Waals surface area (Å²) in [7, 11) is 1.65. The molecule has 3 nitrogen and oxygen atoms in total. The van der Waals surface area contributed by atoms with Crippen LogP contribution in [-0.2, 0) is 11.3 Å². The predicted molar refractivity (Wildman–Crippen MR) is 75.7 cm³/mol. The van der Waals surface area contributed by atoms with Gasteiger partial charge in [0.05, 0.1) is 5.41 Å². The highest BCUT2D eigenvalue weighted by atomic mass is 35.5. The number of amides is 1. The zero-order chi connectivity index (χ0) is 13.8. The highest BCUT2D eigenvalue weighted by Crippen LogP contribution is 2.18. The molecule has 0 unspecified atom stereocenters. The average molecular weight is 269 g/mol. The van der Waals surface area contributed by atoms with Gasteiger partial charge in [-0.05, 0) is 38.0 Å². The van der Waals surface area contributed by atoms with Crippen LogP contribution >= 0.6 is 11.6 Å². The maximum Gasteiger partial charge on any atom is 0.226 e. The average Bonchev–Trinajstić information content (AvgIpc) is 2.30. The van der Waals surface area contributed by atoms with Gasteiger partial charge in [-0.3, -0.25) is 4.79 Å². The maximum atomic E-state index is 11.6. The summed E-state index contributed by atoms with van der Waals surface area (Å²) in [5.41, 5.74) is 1.77. The minimum atomic E-state index is -0.425. The number of benzene rings is 1. The van der Waals surface area contributed by atoms with Gasteiger partial charge in [-0.15, -0.1) is 0 Å². The molecule has 1 rings (SSSR count). The van der Waals surface area contributed by atoms with Gasteiger partial charge < -0.3 is 10.6 Å². The van der Waals surface area contributed by atoms with Crippen LogP contribution in [0.2, 0.25) is 5.02 Å². The van der Waals surface area contributed by atoms with Crippen LogP contribution in [0, 0.1) is 12.3 Å². The molecule has 0 heterocycles. The Bertz CT molecular complexity index is 430. The van der Waals surface area contributed by atoms with Crippen LogP contribution in [0.1, 0.15) is 25.0 Å². The van der Waals surface area contributed by atoms with Gasteiger partial charge in [0, 0.05) is 25.2 Å². The highest BCUT2D eigenvalue weighted by Gasteiger charge is 2.25. The Balaban J connectivity index is 2.54. The summed E-state index contributed by atoms with van der Waals surface area (Å²) >= 11 is 6.15. The molecule has 1 amide bonds. The van der Waals surface area contributed by atoms with Crippen molar-refractivity contribution >= 4 is 17.5 Å². The summed E-state index contributed by atoms with van der Waals surface area (Å²) in [5.74, 6) is 0.0324. The number of hydrogen-bond donors (Lipinski definition) is 2. The van der Waals surface area contributed by atoms with Gasteiger partial charge in [0.2, 0.25) is 5.91 Å². The molecule has 100 valence electrons. The summed E-state index contributed by atoms with van der Waals surface area (Å²) in [6.07, 6.45) is 0. The van der Waals surface area contributed by atoms with Crippen LogP contribution in [0.4, 0.5) is 0 Å².